The van der Waals surface area contributed by atoms with Crippen LogP contribution in [0.1, 0.15) is 16.4 Å². The predicted octanol–water partition coefficient (Wildman–Crippen LogP) is 6.98. The number of nitrogens with zero attached hydrogens (tertiary/aromatic N) is 2. The van der Waals surface area contributed by atoms with Crippen LogP contribution in [0.2, 0.25) is 15.1 Å². The Morgan fingerprint density at radius 2 is 1.78 bits per heavy atom. The minimum atomic E-state index is -0.457. The Hall–Kier alpha value is -2.95. The molecule has 3 N–H and O–H groups in total. The number of benzene rings is 2. The summed E-state index contributed by atoms with van der Waals surface area (Å²) >= 11 is 20.4. The number of nitrogens with two attached hydrogens (primary N) is 1. The molecule has 2 aromatic heterocycles. The highest BCUT2D eigenvalue weighted by Crippen LogP contribution is 2.49. The number of hydrogen-bond donors (Lipinski definition) is 2. The Labute approximate surface area is 202 Å². The molecule has 0 saturated carbocycles. The summed E-state index contributed by atoms with van der Waals surface area (Å²) in [7, 11) is 0. The van der Waals surface area contributed by atoms with Crippen LogP contribution in [0.15, 0.2) is 66.1 Å². The van der Waals surface area contributed by atoms with Crippen LogP contribution in [0, 0.1) is 11.3 Å². The van der Waals surface area contributed by atoms with E-state index in [1.165, 1.54) is 11.3 Å². The fourth-order valence-electron chi connectivity index (χ4n) is 3.77. The number of hydrogen-bond acceptors (Lipinski definition) is 5. The van der Waals surface area contributed by atoms with Gasteiger partial charge in [0.05, 0.1) is 27.2 Å². The first-order valence-corrected chi connectivity index (χ1v) is 11.4. The molecule has 0 aliphatic carbocycles. The van der Waals surface area contributed by atoms with E-state index in [4.69, 9.17) is 45.3 Å². The number of aromatic amines is 1. The van der Waals surface area contributed by atoms with Crippen LogP contribution in [0.5, 0.6) is 5.88 Å². The Balaban J connectivity index is 1.68. The third kappa shape index (κ3) is 3.44. The molecule has 5 nitrogen and oxygen atoms in total. The monoisotopic (exact) mass is 498 g/mol. The summed E-state index contributed by atoms with van der Waals surface area (Å²) in [4.78, 5) is 1.73. The first-order valence-electron chi connectivity index (χ1n) is 9.44. The number of halogens is 3. The fraction of sp³-hybridized carbons (Fsp3) is 0.0435. The molecule has 158 valence electrons. The average Bonchev–Trinajstić information content (AvgIpc) is 3.40. The predicted molar refractivity (Wildman–Crippen MR) is 128 cm³/mol. The van der Waals surface area contributed by atoms with Crippen molar-refractivity contribution in [2.75, 3.05) is 0 Å². The lowest BCUT2D eigenvalue weighted by Gasteiger charge is -2.22. The smallest absolute Gasteiger partial charge is 0.244 e. The highest BCUT2D eigenvalue weighted by atomic mass is 35.5. The quantitative estimate of drug-likeness (QED) is 0.318. The third-order valence-corrected chi connectivity index (χ3v) is 7.15. The van der Waals surface area contributed by atoms with Crippen molar-refractivity contribution in [2.45, 2.75) is 5.92 Å². The molecule has 1 aliphatic rings. The second-order valence-corrected chi connectivity index (χ2v) is 9.42. The van der Waals surface area contributed by atoms with Crippen LogP contribution in [0.3, 0.4) is 0 Å². The Morgan fingerprint density at radius 1 is 1.06 bits per heavy atom. The van der Waals surface area contributed by atoms with Crippen LogP contribution in [0.4, 0.5) is 0 Å². The fourth-order valence-corrected chi connectivity index (χ4v) is 6.11. The van der Waals surface area contributed by atoms with Gasteiger partial charge >= 0.3 is 0 Å². The van der Waals surface area contributed by atoms with E-state index in [-0.39, 0.29) is 5.88 Å². The number of H-pyrrole nitrogens is 1. The molecule has 2 aromatic carbocycles. The van der Waals surface area contributed by atoms with E-state index in [9.17, 15) is 5.26 Å². The molecule has 0 bridgehead atoms. The van der Waals surface area contributed by atoms with Gasteiger partial charge in [0.1, 0.15) is 11.6 Å². The molecule has 9 heteroatoms. The minimum absolute atomic E-state index is 0.0358. The largest absolute Gasteiger partial charge is 0.420 e. The van der Waals surface area contributed by atoms with Crippen LogP contribution in [-0.4, -0.2) is 10.2 Å². The van der Waals surface area contributed by atoms with Crippen molar-refractivity contribution in [1.29, 1.82) is 5.26 Å². The number of thiophene rings is 1. The van der Waals surface area contributed by atoms with Gasteiger partial charge in [-0.25, -0.2) is 0 Å². The highest BCUT2D eigenvalue weighted by Gasteiger charge is 2.36. The molecule has 1 aliphatic heterocycles. The summed E-state index contributed by atoms with van der Waals surface area (Å²) in [5.74, 6) is -0.0715. The number of rotatable bonds is 3. The van der Waals surface area contributed by atoms with Gasteiger partial charge in [0.2, 0.25) is 11.8 Å². The number of nitrogens with one attached hydrogen (secondary N) is 1. The van der Waals surface area contributed by atoms with Crippen molar-refractivity contribution in [1.82, 2.24) is 10.2 Å². The number of ether oxygens (including phenoxy) is 1. The summed E-state index contributed by atoms with van der Waals surface area (Å²) in [5.41, 5.74) is 9.54. The van der Waals surface area contributed by atoms with Crippen LogP contribution < -0.4 is 10.5 Å². The molecule has 0 saturated heterocycles. The number of allylic oxidation sites excluding steroid dienone is 1. The lowest BCUT2D eigenvalue weighted by atomic mass is 9.87. The van der Waals surface area contributed by atoms with Crippen molar-refractivity contribution in [3.8, 4) is 33.6 Å². The summed E-state index contributed by atoms with van der Waals surface area (Å²) in [6, 6.07) is 19.1. The molecule has 1 unspecified atom stereocenters. The van der Waals surface area contributed by atoms with E-state index in [0.717, 1.165) is 26.6 Å². The molecule has 0 spiro atoms. The lowest BCUT2D eigenvalue weighted by Crippen LogP contribution is -2.20. The zero-order chi connectivity index (χ0) is 22.4. The standard InChI is InChI=1S/C23H13Cl3N4OS/c24-12-8-14(25)19(15(26)9-12)17-7-6-16(32-17)18-13(10-27)22(28)31-23-20(18)21(29-30-23)11-4-2-1-3-5-11/h1-9,18H,28H2,(H,29,30). The number of aromatic nitrogens is 2. The number of fused-ring (bicyclic) bond motifs is 1. The second-order valence-electron chi connectivity index (χ2n) is 7.05. The normalized spacial score (nSPS) is 15.2. The van der Waals surface area contributed by atoms with Crippen LogP contribution >= 0.6 is 46.1 Å². The maximum absolute atomic E-state index is 9.91. The molecular weight excluding hydrogens is 487 g/mol. The van der Waals surface area contributed by atoms with Gasteiger partial charge < -0.3 is 10.5 Å². The van der Waals surface area contributed by atoms with Crippen LogP contribution in [0.25, 0.3) is 21.7 Å². The Bertz CT molecular complexity index is 1400. The summed E-state index contributed by atoms with van der Waals surface area (Å²) in [6.07, 6.45) is 0. The van der Waals surface area contributed by atoms with Gasteiger partial charge in [0.15, 0.2) is 0 Å². The van der Waals surface area contributed by atoms with Crippen molar-refractivity contribution >= 4 is 46.1 Å². The van der Waals surface area contributed by atoms with Crippen molar-refractivity contribution in [2.24, 2.45) is 5.73 Å². The maximum atomic E-state index is 9.91. The molecule has 4 aromatic rings. The number of nitriles is 1. The van der Waals surface area contributed by atoms with Gasteiger partial charge in [0.25, 0.3) is 0 Å². The molecular formula is C23H13Cl3N4OS. The SMILES string of the molecule is N#CC1=C(N)Oc2n[nH]c(-c3ccccc3)c2C1c1ccc(-c2c(Cl)cc(Cl)cc2Cl)s1. The van der Waals surface area contributed by atoms with Gasteiger partial charge in [0, 0.05) is 20.3 Å². The zero-order valence-corrected chi connectivity index (χ0v) is 19.3. The van der Waals surface area contributed by atoms with Crippen molar-refractivity contribution in [3.63, 3.8) is 0 Å². The first kappa shape index (κ1) is 20.9. The summed E-state index contributed by atoms with van der Waals surface area (Å²) in [6.45, 7) is 0. The third-order valence-electron chi connectivity index (χ3n) is 5.17. The van der Waals surface area contributed by atoms with E-state index in [1.54, 1.807) is 12.1 Å². The molecule has 1 atom stereocenters. The maximum Gasteiger partial charge on any atom is 0.244 e. The Kier molecular flexibility index (Phi) is 5.36. The van der Waals surface area contributed by atoms with Crippen LogP contribution in [-0.2, 0) is 0 Å². The molecule has 32 heavy (non-hydrogen) atoms. The van der Waals surface area contributed by atoms with E-state index in [2.05, 4.69) is 16.3 Å². The van der Waals surface area contributed by atoms with E-state index < -0.39 is 5.92 Å². The van der Waals surface area contributed by atoms with E-state index >= 15 is 0 Å². The Morgan fingerprint density at radius 3 is 2.47 bits per heavy atom. The first-order chi connectivity index (χ1) is 15.5. The van der Waals surface area contributed by atoms with Gasteiger partial charge in [-0.2, -0.15) is 5.26 Å². The minimum Gasteiger partial charge on any atom is -0.420 e. The highest BCUT2D eigenvalue weighted by molar-refractivity contribution is 7.15. The molecule has 0 fully saturated rings. The van der Waals surface area contributed by atoms with Crippen molar-refractivity contribution < 1.29 is 4.74 Å². The van der Waals surface area contributed by atoms with Crippen molar-refractivity contribution in [3.05, 3.63) is 91.6 Å². The topological polar surface area (TPSA) is 87.7 Å². The van der Waals surface area contributed by atoms with Gasteiger partial charge in [-0.05, 0) is 29.8 Å². The molecule has 3 heterocycles. The molecule has 0 amide bonds. The lowest BCUT2D eigenvalue weighted by molar-refractivity contribution is 0.379. The summed E-state index contributed by atoms with van der Waals surface area (Å²) < 4.78 is 5.67. The van der Waals surface area contributed by atoms with Gasteiger partial charge in [-0.3, -0.25) is 5.10 Å². The summed E-state index contributed by atoms with van der Waals surface area (Å²) in [5, 5.41) is 18.6. The average molecular weight is 500 g/mol. The molecule has 0 radical (unpaired) electrons. The van der Waals surface area contributed by atoms with E-state index in [0.29, 0.717) is 32.1 Å². The van der Waals surface area contributed by atoms with E-state index in [1.807, 2.05) is 42.5 Å². The van der Waals surface area contributed by atoms with Gasteiger partial charge in [-0.1, -0.05) is 65.1 Å². The zero-order valence-electron chi connectivity index (χ0n) is 16.2. The molecule has 5 rings (SSSR count). The second kappa shape index (κ2) is 8.19. The van der Waals surface area contributed by atoms with Gasteiger partial charge in [-0.15, -0.1) is 16.4 Å².